The molecule has 0 atom stereocenters. The molecule has 0 radical (unpaired) electrons. The molecule has 0 fully saturated rings. The molecule has 4 rings (SSSR count). The molecule has 0 saturated heterocycles. The molecule has 0 spiro atoms. The van der Waals surface area contributed by atoms with Gasteiger partial charge in [-0.15, -0.1) is 5.10 Å². The Bertz CT molecular complexity index is 963. The molecule has 8 nitrogen and oxygen atoms in total. The van der Waals surface area contributed by atoms with Gasteiger partial charge in [0, 0.05) is 31.0 Å². The third-order valence-corrected chi connectivity index (χ3v) is 5.12. The number of carbonyl (C=O) groups is 1. The van der Waals surface area contributed by atoms with E-state index in [2.05, 4.69) is 20.2 Å². The van der Waals surface area contributed by atoms with Crippen molar-refractivity contribution in [2.24, 2.45) is 0 Å². The zero-order valence-electron chi connectivity index (χ0n) is 15.3. The molecular formula is C19H19N5O3S. The van der Waals surface area contributed by atoms with Crippen LogP contribution in [0.5, 0.6) is 11.5 Å². The van der Waals surface area contributed by atoms with E-state index in [0.717, 1.165) is 22.6 Å². The maximum absolute atomic E-state index is 12.6. The first-order chi connectivity index (χ1) is 13.7. The fraction of sp³-hybridized carbons (Fsp3) is 0.263. The number of hydrogen-bond donors (Lipinski definition) is 1. The molecule has 3 heterocycles. The van der Waals surface area contributed by atoms with Crippen LogP contribution in [0, 0.1) is 0 Å². The van der Waals surface area contributed by atoms with E-state index in [1.807, 2.05) is 37.3 Å². The molecule has 1 N–H and O–H groups in total. The van der Waals surface area contributed by atoms with E-state index in [1.165, 1.54) is 11.8 Å². The van der Waals surface area contributed by atoms with Crippen molar-refractivity contribution in [3.05, 3.63) is 48.3 Å². The second kappa shape index (κ2) is 8.30. The van der Waals surface area contributed by atoms with Gasteiger partial charge in [0.2, 0.25) is 17.9 Å². The maximum atomic E-state index is 12.6. The number of rotatable bonds is 7. The lowest BCUT2D eigenvalue weighted by atomic mass is 10.2. The molecule has 1 aromatic carbocycles. The van der Waals surface area contributed by atoms with Crippen LogP contribution >= 0.6 is 11.8 Å². The Labute approximate surface area is 166 Å². The topological polar surface area (TPSA) is 93.2 Å². The van der Waals surface area contributed by atoms with Gasteiger partial charge < -0.3 is 14.4 Å². The number of nitrogens with zero attached hydrogens (tertiary/aromatic N) is 4. The third-order valence-electron chi connectivity index (χ3n) is 4.29. The number of nitrogens with one attached hydrogen (secondary N) is 1. The Morgan fingerprint density at radius 3 is 2.86 bits per heavy atom. The number of thioether (sulfide) groups is 1. The van der Waals surface area contributed by atoms with Gasteiger partial charge in [0.05, 0.1) is 5.75 Å². The predicted octanol–water partition coefficient (Wildman–Crippen LogP) is 2.74. The number of fused-ring (bicyclic) bond motifs is 1. The smallest absolute Gasteiger partial charge is 0.233 e. The third kappa shape index (κ3) is 4.09. The van der Waals surface area contributed by atoms with Gasteiger partial charge in [-0.25, -0.2) is 4.98 Å². The summed E-state index contributed by atoms with van der Waals surface area (Å²) >= 11 is 1.31. The number of benzene rings is 1. The molecule has 0 bridgehead atoms. The van der Waals surface area contributed by atoms with Crippen LogP contribution in [0.15, 0.2) is 47.9 Å². The molecule has 1 aliphatic rings. The summed E-state index contributed by atoms with van der Waals surface area (Å²) in [7, 11) is 0. The Balaban J connectivity index is 1.35. The second-order valence-electron chi connectivity index (χ2n) is 6.09. The normalized spacial score (nSPS) is 12.2. The van der Waals surface area contributed by atoms with E-state index in [1.54, 1.807) is 17.3 Å². The van der Waals surface area contributed by atoms with Crippen LogP contribution in [0.2, 0.25) is 0 Å². The molecule has 9 heteroatoms. The monoisotopic (exact) mass is 397 g/mol. The van der Waals surface area contributed by atoms with Crippen molar-refractivity contribution in [3.8, 4) is 22.9 Å². The molecule has 0 aliphatic carbocycles. The number of carbonyl (C=O) groups excluding carboxylic acids is 1. The highest BCUT2D eigenvalue weighted by atomic mass is 32.2. The van der Waals surface area contributed by atoms with Crippen molar-refractivity contribution in [2.75, 3.05) is 19.1 Å². The van der Waals surface area contributed by atoms with E-state index in [-0.39, 0.29) is 18.5 Å². The van der Waals surface area contributed by atoms with Crippen LogP contribution in [0.25, 0.3) is 11.4 Å². The lowest BCUT2D eigenvalue weighted by Crippen LogP contribution is -2.31. The number of aromatic amines is 1. The maximum Gasteiger partial charge on any atom is 0.233 e. The lowest BCUT2D eigenvalue weighted by molar-refractivity contribution is -0.128. The van der Waals surface area contributed by atoms with E-state index >= 15 is 0 Å². The highest BCUT2D eigenvalue weighted by Crippen LogP contribution is 2.32. The van der Waals surface area contributed by atoms with E-state index in [4.69, 9.17) is 9.47 Å². The van der Waals surface area contributed by atoms with Gasteiger partial charge in [-0.3, -0.25) is 14.9 Å². The summed E-state index contributed by atoms with van der Waals surface area (Å²) in [5.74, 6) is 2.42. The van der Waals surface area contributed by atoms with E-state index in [0.29, 0.717) is 24.1 Å². The zero-order chi connectivity index (χ0) is 19.3. The summed E-state index contributed by atoms with van der Waals surface area (Å²) in [6, 6.07) is 9.45. The SMILES string of the molecule is CCN(Cc1ccc2c(c1)OCO2)C(=O)CSc1n[nH]c(-c2ccncc2)n1. The number of H-pyrrole nitrogens is 1. The number of pyridine rings is 1. The Hall–Kier alpha value is -3.07. The molecule has 3 aromatic rings. The lowest BCUT2D eigenvalue weighted by Gasteiger charge is -2.20. The minimum Gasteiger partial charge on any atom is -0.454 e. The highest BCUT2D eigenvalue weighted by molar-refractivity contribution is 7.99. The highest BCUT2D eigenvalue weighted by Gasteiger charge is 2.17. The predicted molar refractivity (Wildman–Crippen MR) is 104 cm³/mol. The average Bonchev–Trinajstić information content (AvgIpc) is 3.40. The first-order valence-corrected chi connectivity index (χ1v) is 9.83. The van der Waals surface area contributed by atoms with Crippen LogP contribution in [0.1, 0.15) is 12.5 Å². The summed E-state index contributed by atoms with van der Waals surface area (Å²) in [6.45, 7) is 3.33. The fourth-order valence-electron chi connectivity index (χ4n) is 2.80. The Kier molecular flexibility index (Phi) is 5.43. The Morgan fingerprint density at radius 1 is 1.21 bits per heavy atom. The van der Waals surface area contributed by atoms with Crippen molar-refractivity contribution in [1.29, 1.82) is 0 Å². The van der Waals surface area contributed by atoms with Crippen molar-refractivity contribution in [2.45, 2.75) is 18.6 Å². The largest absolute Gasteiger partial charge is 0.454 e. The van der Waals surface area contributed by atoms with Crippen LogP contribution in [-0.4, -0.2) is 50.1 Å². The van der Waals surface area contributed by atoms with Gasteiger partial charge in [0.1, 0.15) is 0 Å². The molecule has 0 saturated carbocycles. The fourth-order valence-corrected chi connectivity index (χ4v) is 3.50. The molecular weight excluding hydrogens is 378 g/mol. The van der Waals surface area contributed by atoms with Crippen LogP contribution in [-0.2, 0) is 11.3 Å². The summed E-state index contributed by atoms with van der Waals surface area (Å²) < 4.78 is 10.7. The first kappa shape index (κ1) is 18.3. The molecule has 1 aliphatic heterocycles. The Morgan fingerprint density at radius 2 is 2.04 bits per heavy atom. The van der Waals surface area contributed by atoms with E-state index < -0.39 is 0 Å². The van der Waals surface area contributed by atoms with Crippen LogP contribution in [0.3, 0.4) is 0 Å². The van der Waals surface area contributed by atoms with Gasteiger partial charge in [-0.1, -0.05) is 17.8 Å². The van der Waals surface area contributed by atoms with Crippen molar-refractivity contribution >= 4 is 17.7 Å². The molecule has 0 unspecified atom stereocenters. The molecule has 28 heavy (non-hydrogen) atoms. The summed E-state index contributed by atoms with van der Waals surface area (Å²) in [6.07, 6.45) is 3.40. The molecule has 2 aromatic heterocycles. The average molecular weight is 397 g/mol. The van der Waals surface area contributed by atoms with Gasteiger partial charge in [-0.05, 0) is 36.8 Å². The van der Waals surface area contributed by atoms with Crippen LogP contribution in [0.4, 0.5) is 0 Å². The minimum absolute atomic E-state index is 0.0282. The number of ether oxygens (including phenoxy) is 2. The molecule has 144 valence electrons. The van der Waals surface area contributed by atoms with Gasteiger partial charge in [0.15, 0.2) is 17.3 Å². The second-order valence-corrected chi connectivity index (χ2v) is 7.03. The van der Waals surface area contributed by atoms with Crippen molar-refractivity contribution in [3.63, 3.8) is 0 Å². The quantitative estimate of drug-likeness (QED) is 0.613. The van der Waals surface area contributed by atoms with Gasteiger partial charge in [0.25, 0.3) is 0 Å². The summed E-state index contributed by atoms with van der Waals surface area (Å²) in [5, 5.41) is 7.61. The standard InChI is InChI=1S/C19H19N5O3S/c1-2-24(10-13-3-4-15-16(9-13)27-12-26-15)17(25)11-28-19-21-18(22-23-19)14-5-7-20-8-6-14/h3-9H,2,10-12H2,1H3,(H,21,22,23). The van der Waals surface area contributed by atoms with Gasteiger partial charge in [-0.2, -0.15) is 0 Å². The number of hydrogen-bond acceptors (Lipinski definition) is 7. The van der Waals surface area contributed by atoms with E-state index in [9.17, 15) is 4.79 Å². The number of amides is 1. The first-order valence-electron chi connectivity index (χ1n) is 8.85. The van der Waals surface area contributed by atoms with Crippen LogP contribution < -0.4 is 9.47 Å². The van der Waals surface area contributed by atoms with Crippen molar-refractivity contribution < 1.29 is 14.3 Å². The summed E-state index contributed by atoms with van der Waals surface area (Å²) in [5.41, 5.74) is 1.90. The minimum atomic E-state index is 0.0282. The molecule has 1 amide bonds. The number of aromatic nitrogens is 4. The zero-order valence-corrected chi connectivity index (χ0v) is 16.1. The summed E-state index contributed by atoms with van der Waals surface area (Å²) in [4.78, 5) is 22.8. The van der Waals surface area contributed by atoms with Gasteiger partial charge >= 0.3 is 0 Å². The van der Waals surface area contributed by atoms with Crippen molar-refractivity contribution in [1.82, 2.24) is 25.1 Å².